The van der Waals surface area contributed by atoms with Crippen molar-refractivity contribution < 1.29 is 4.79 Å². The van der Waals surface area contributed by atoms with Crippen molar-refractivity contribution in [3.63, 3.8) is 0 Å². The topological polar surface area (TPSA) is 75.6 Å². The number of H-pyrrole nitrogens is 1. The Balaban J connectivity index is 1.18. The zero-order valence-electron chi connectivity index (χ0n) is 22.8. The van der Waals surface area contributed by atoms with Crippen LogP contribution in [0.1, 0.15) is 29.0 Å². The summed E-state index contributed by atoms with van der Waals surface area (Å²) in [6.07, 6.45) is 2.79. The molecule has 0 aliphatic carbocycles. The summed E-state index contributed by atoms with van der Waals surface area (Å²) in [5, 5.41) is 14.0. The minimum absolute atomic E-state index is 0.0251. The summed E-state index contributed by atoms with van der Waals surface area (Å²) < 4.78 is 2.06. The highest BCUT2D eigenvalue weighted by molar-refractivity contribution is 7.99. The molecule has 0 aliphatic rings. The van der Waals surface area contributed by atoms with Crippen molar-refractivity contribution in [1.82, 2.24) is 25.1 Å². The maximum atomic E-state index is 13.0. The van der Waals surface area contributed by atoms with Gasteiger partial charge in [-0.3, -0.25) is 9.36 Å². The van der Waals surface area contributed by atoms with Gasteiger partial charge in [0.05, 0.1) is 11.4 Å². The Hall–Kier alpha value is -4.62. The van der Waals surface area contributed by atoms with E-state index in [1.54, 1.807) is 0 Å². The van der Waals surface area contributed by atoms with E-state index >= 15 is 0 Å². The van der Waals surface area contributed by atoms with Crippen LogP contribution in [0.2, 0.25) is 0 Å². The molecule has 41 heavy (non-hydrogen) atoms. The van der Waals surface area contributed by atoms with E-state index in [1.807, 2.05) is 48.7 Å². The van der Waals surface area contributed by atoms with E-state index in [-0.39, 0.29) is 17.6 Å². The Kier molecular flexibility index (Phi) is 7.96. The summed E-state index contributed by atoms with van der Waals surface area (Å²) >= 11 is 1.40. The van der Waals surface area contributed by atoms with Crippen LogP contribution < -0.4 is 5.32 Å². The van der Waals surface area contributed by atoms with Gasteiger partial charge in [0.15, 0.2) is 11.0 Å². The van der Waals surface area contributed by atoms with E-state index in [0.717, 1.165) is 40.0 Å². The van der Waals surface area contributed by atoms with E-state index in [4.69, 9.17) is 0 Å². The Morgan fingerprint density at radius 2 is 1.51 bits per heavy atom. The fourth-order valence-corrected chi connectivity index (χ4v) is 6.03. The molecule has 6 nitrogen and oxygen atoms in total. The molecular weight excluding hydrogens is 526 g/mol. The van der Waals surface area contributed by atoms with Crippen LogP contribution in [0.3, 0.4) is 0 Å². The van der Waals surface area contributed by atoms with Gasteiger partial charge in [-0.15, -0.1) is 10.2 Å². The highest BCUT2D eigenvalue weighted by Crippen LogP contribution is 2.33. The largest absolute Gasteiger partial charge is 0.360 e. The number of hydrogen-bond donors (Lipinski definition) is 2. The molecule has 0 aliphatic heterocycles. The number of fused-ring (bicyclic) bond motifs is 1. The molecule has 6 aromatic rings. The first-order chi connectivity index (χ1) is 20.2. The van der Waals surface area contributed by atoms with Crippen molar-refractivity contribution in [2.45, 2.75) is 24.4 Å². The van der Waals surface area contributed by atoms with Gasteiger partial charge in [-0.25, -0.2) is 0 Å². The van der Waals surface area contributed by atoms with Crippen molar-refractivity contribution in [3.8, 4) is 17.1 Å². The van der Waals surface area contributed by atoms with Crippen molar-refractivity contribution in [2.24, 2.45) is 0 Å². The molecule has 0 unspecified atom stereocenters. The highest BCUT2D eigenvalue weighted by atomic mass is 32.2. The first-order valence-corrected chi connectivity index (χ1v) is 14.7. The SMILES string of the molecule is Cc1ccccc1-n1c(SCC(=O)NCCC(c2ccccc2)c2ccccc2)nnc1-c1c[nH]c2ccccc12. The zero-order chi connectivity index (χ0) is 28.0. The average molecular weight is 558 g/mol. The lowest BCUT2D eigenvalue weighted by molar-refractivity contribution is -0.118. The second-order valence-corrected chi connectivity index (χ2v) is 10.9. The van der Waals surface area contributed by atoms with E-state index in [2.05, 4.69) is 98.7 Å². The van der Waals surface area contributed by atoms with Crippen LogP contribution in [0, 0.1) is 6.92 Å². The van der Waals surface area contributed by atoms with Crippen molar-refractivity contribution in [3.05, 3.63) is 132 Å². The maximum absolute atomic E-state index is 13.0. The fraction of sp³-hybridized carbons (Fsp3) is 0.147. The number of nitrogens with zero attached hydrogens (tertiary/aromatic N) is 3. The van der Waals surface area contributed by atoms with Gasteiger partial charge in [0.2, 0.25) is 5.91 Å². The molecule has 0 saturated carbocycles. The van der Waals surface area contributed by atoms with Crippen LogP contribution in [0.25, 0.3) is 28.0 Å². The van der Waals surface area contributed by atoms with E-state index in [1.165, 1.54) is 22.9 Å². The Morgan fingerprint density at radius 3 is 2.24 bits per heavy atom. The molecule has 0 fully saturated rings. The lowest BCUT2D eigenvalue weighted by Crippen LogP contribution is -2.27. The molecule has 0 radical (unpaired) electrons. The van der Waals surface area contributed by atoms with Gasteiger partial charge in [0, 0.05) is 35.1 Å². The van der Waals surface area contributed by atoms with Crippen LogP contribution in [0.15, 0.2) is 121 Å². The standard InChI is InChI=1S/C34H31N5OS/c1-24-12-8-11-19-31(24)39-33(29-22-36-30-18-10-9-17-28(29)30)37-38-34(39)41-23-32(40)35-21-20-27(25-13-4-2-5-14-25)26-15-6-3-7-16-26/h2-19,22,27,36H,20-21,23H2,1H3,(H,35,40). The predicted octanol–water partition coefficient (Wildman–Crippen LogP) is 7.15. The minimum atomic E-state index is -0.0251. The van der Waals surface area contributed by atoms with Gasteiger partial charge in [-0.1, -0.05) is 109 Å². The number of para-hydroxylation sites is 2. The number of nitrogens with one attached hydrogen (secondary N) is 2. The van der Waals surface area contributed by atoms with Gasteiger partial charge in [0.25, 0.3) is 0 Å². The van der Waals surface area contributed by atoms with Crippen LogP contribution in [-0.2, 0) is 4.79 Å². The summed E-state index contributed by atoms with van der Waals surface area (Å²) in [6.45, 7) is 2.66. The first kappa shape index (κ1) is 26.6. The number of benzene rings is 4. The minimum Gasteiger partial charge on any atom is -0.360 e. The summed E-state index contributed by atoms with van der Waals surface area (Å²) in [4.78, 5) is 16.3. The number of thioether (sulfide) groups is 1. The molecule has 2 heterocycles. The van der Waals surface area contributed by atoms with Crippen LogP contribution >= 0.6 is 11.8 Å². The molecule has 0 bridgehead atoms. The molecule has 2 N–H and O–H groups in total. The van der Waals surface area contributed by atoms with Crippen LogP contribution in [-0.4, -0.2) is 38.0 Å². The summed E-state index contributed by atoms with van der Waals surface area (Å²) in [7, 11) is 0. The molecular formula is C34H31N5OS. The smallest absolute Gasteiger partial charge is 0.230 e. The Morgan fingerprint density at radius 1 is 0.854 bits per heavy atom. The lowest BCUT2D eigenvalue weighted by atomic mass is 9.88. The van der Waals surface area contributed by atoms with E-state index in [0.29, 0.717) is 11.7 Å². The van der Waals surface area contributed by atoms with Crippen molar-refractivity contribution in [2.75, 3.05) is 12.3 Å². The summed E-state index contributed by atoms with van der Waals surface area (Å²) in [5.74, 6) is 1.18. The number of carbonyl (C=O) groups is 1. The molecule has 7 heteroatoms. The first-order valence-electron chi connectivity index (χ1n) is 13.8. The molecule has 2 aromatic heterocycles. The van der Waals surface area contributed by atoms with Crippen molar-refractivity contribution in [1.29, 1.82) is 0 Å². The number of aromatic nitrogens is 4. The molecule has 1 amide bonds. The molecule has 6 rings (SSSR count). The van der Waals surface area contributed by atoms with E-state index < -0.39 is 0 Å². The number of rotatable bonds is 10. The maximum Gasteiger partial charge on any atom is 0.230 e. The normalized spacial score (nSPS) is 11.3. The predicted molar refractivity (Wildman–Crippen MR) is 166 cm³/mol. The molecule has 0 atom stereocenters. The third-order valence-corrected chi connectivity index (χ3v) is 8.24. The third-order valence-electron chi connectivity index (χ3n) is 7.31. The van der Waals surface area contributed by atoms with Gasteiger partial charge >= 0.3 is 0 Å². The lowest BCUT2D eigenvalue weighted by Gasteiger charge is -2.18. The van der Waals surface area contributed by atoms with Gasteiger partial charge in [0.1, 0.15) is 0 Å². The van der Waals surface area contributed by atoms with Crippen LogP contribution in [0.4, 0.5) is 0 Å². The fourth-order valence-electron chi connectivity index (χ4n) is 5.26. The second-order valence-electron chi connectivity index (χ2n) is 9.98. The number of carbonyl (C=O) groups excluding carboxylic acids is 1. The quantitative estimate of drug-likeness (QED) is 0.175. The highest BCUT2D eigenvalue weighted by Gasteiger charge is 2.21. The van der Waals surface area contributed by atoms with Crippen LogP contribution in [0.5, 0.6) is 0 Å². The number of aryl methyl sites for hydroxylation is 1. The summed E-state index contributed by atoms with van der Waals surface area (Å²) in [6, 6.07) is 37.3. The number of amides is 1. The average Bonchev–Trinajstić information content (AvgIpc) is 3.63. The zero-order valence-corrected chi connectivity index (χ0v) is 23.6. The Labute approximate surface area is 243 Å². The van der Waals surface area contributed by atoms with Gasteiger partial charge in [-0.2, -0.15) is 0 Å². The van der Waals surface area contributed by atoms with Crippen molar-refractivity contribution >= 4 is 28.6 Å². The third kappa shape index (κ3) is 5.81. The van der Waals surface area contributed by atoms with E-state index in [9.17, 15) is 4.79 Å². The second kappa shape index (κ2) is 12.3. The monoisotopic (exact) mass is 557 g/mol. The molecule has 0 saturated heterocycles. The van der Waals surface area contributed by atoms with Gasteiger partial charge < -0.3 is 10.3 Å². The number of hydrogen-bond acceptors (Lipinski definition) is 4. The number of aromatic amines is 1. The molecule has 0 spiro atoms. The molecule has 4 aromatic carbocycles. The van der Waals surface area contributed by atoms with Gasteiger partial charge in [-0.05, 0) is 42.2 Å². The Bertz CT molecular complexity index is 1720. The summed E-state index contributed by atoms with van der Waals surface area (Å²) in [5.41, 5.74) is 6.61. The molecule has 204 valence electrons.